The summed E-state index contributed by atoms with van der Waals surface area (Å²) < 4.78 is 5.68. The number of ether oxygens (including phenoxy) is 1. The molecule has 1 aromatic rings. The molecule has 0 amide bonds. The molecule has 0 aliphatic carbocycles. The predicted octanol–water partition coefficient (Wildman–Crippen LogP) is 3.11. The van der Waals surface area contributed by atoms with Gasteiger partial charge in [0.1, 0.15) is 0 Å². The second-order valence-electron chi connectivity index (χ2n) is 4.45. The second-order valence-corrected chi connectivity index (χ2v) is 5.01. The maximum absolute atomic E-state index is 6.37. The van der Waals surface area contributed by atoms with Crippen LogP contribution in [0.1, 0.15) is 30.5 Å². The molecule has 2 unspecified atom stereocenters. The van der Waals surface area contributed by atoms with E-state index in [-0.39, 0.29) is 11.5 Å². The van der Waals surface area contributed by atoms with Crippen molar-refractivity contribution in [2.45, 2.75) is 44.1 Å². The molecule has 3 heteroatoms. The summed E-state index contributed by atoms with van der Waals surface area (Å²) in [5.41, 5.74) is 2.24. The molecule has 16 heavy (non-hydrogen) atoms. The normalized spacial score (nSPS) is 23.0. The highest BCUT2D eigenvalue weighted by Crippen LogP contribution is 2.21. The zero-order valence-corrected chi connectivity index (χ0v) is 10.4. The highest BCUT2D eigenvalue weighted by molar-refractivity contribution is 6.21. The van der Waals surface area contributed by atoms with Crippen LogP contribution in [0.25, 0.3) is 0 Å². The van der Waals surface area contributed by atoms with Gasteiger partial charge in [0, 0.05) is 24.9 Å². The van der Waals surface area contributed by atoms with Crippen LogP contribution >= 0.6 is 11.6 Å². The Balaban J connectivity index is 1.90. The number of alkyl halides is 1. The predicted molar refractivity (Wildman–Crippen MR) is 65.9 cm³/mol. The van der Waals surface area contributed by atoms with Crippen LogP contribution in [-0.2, 0) is 11.2 Å². The first kappa shape index (κ1) is 11.9. The molecule has 1 aliphatic rings. The third-order valence-corrected chi connectivity index (χ3v) is 3.43. The van der Waals surface area contributed by atoms with Crippen molar-refractivity contribution < 1.29 is 4.74 Å². The van der Waals surface area contributed by atoms with Gasteiger partial charge in [-0.25, -0.2) is 0 Å². The summed E-state index contributed by atoms with van der Waals surface area (Å²) in [6.07, 6.45) is 6.38. The monoisotopic (exact) mass is 239 g/mol. The van der Waals surface area contributed by atoms with E-state index in [4.69, 9.17) is 16.3 Å². The molecule has 88 valence electrons. The fourth-order valence-corrected chi connectivity index (χ4v) is 2.36. The Labute approximate surface area is 102 Å². The number of rotatable bonds is 3. The summed E-state index contributed by atoms with van der Waals surface area (Å²) in [6.45, 7) is 2.90. The van der Waals surface area contributed by atoms with E-state index in [0.29, 0.717) is 0 Å². The first-order valence-corrected chi connectivity index (χ1v) is 6.36. The summed E-state index contributed by atoms with van der Waals surface area (Å²) in [4.78, 5) is 4.37. The molecule has 2 nitrogen and oxygen atoms in total. The minimum absolute atomic E-state index is 0.0514. The van der Waals surface area contributed by atoms with Gasteiger partial charge in [-0.3, -0.25) is 4.98 Å². The zero-order chi connectivity index (χ0) is 11.4. The Kier molecular flexibility index (Phi) is 4.19. The van der Waals surface area contributed by atoms with Gasteiger partial charge in [0.2, 0.25) is 0 Å². The van der Waals surface area contributed by atoms with Crippen LogP contribution < -0.4 is 0 Å². The molecule has 2 rings (SSSR count). The van der Waals surface area contributed by atoms with Gasteiger partial charge in [-0.2, -0.15) is 0 Å². The maximum Gasteiger partial charge on any atom is 0.0742 e. The van der Waals surface area contributed by atoms with Gasteiger partial charge >= 0.3 is 0 Å². The van der Waals surface area contributed by atoms with Crippen molar-refractivity contribution in [2.75, 3.05) is 6.61 Å². The van der Waals surface area contributed by atoms with Crippen molar-refractivity contribution in [3.05, 3.63) is 29.6 Å². The van der Waals surface area contributed by atoms with Gasteiger partial charge in [-0.1, -0.05) is 6.07 Å². The highest BCUT2D eigenvalue weighted by atomic mass is 35.5. The average molecular weight is 240 g/mol. The van der Waals surface area contributed by atoms with E-state index < -0.39 is 0 Å². The second kappa shape index (κ2) is 5.65. The summed E-state index contributed by atoms with van der Waals surface area (Å²) in [5, 5.41) is 0.0514. The van der Waals surface area contributed by atoms with Crippen LogP contribution in [0.15, 0.2) is 18.3 Å². The molecular weight excluding hydrogens is 222 g/mol. The maximum atomic E-state index is 6.37. The number of aryl methyl sites for hydroxylation is 1. The zero-order valence-electron chi connectivity index (χ0n) is 9.66. The van der Waals surface area contributed by atoms with Crippen LogP contribution in [0.5, 0.6) is 0 Å². The SMILES string of the molecule is Cc1ccc(CC(Cl)C2CCCCO2)nc1. The Morgan fingerprint density at radius 2 is 2.38 bits per heavy atom. The minimum atomic E-state index is 0.0514. The van der Waals surface area contributed by atoms with Crippen molar-refractivity contribution in [1.82, 2.24) is 4.98 Å². The number of hydrogen-bond acceptors (Lipinski definition) is 2. The van der Waals surface area contributed by atoms with Gasteiger partial charge in [-0.15, -0.1) is 11.6 Å². The molecule has 2 atom stereocenters. The molecule has 0 N–H and O–H groups in total. The minimum Gasteiger partial charge on any atom is -0.377 e. The first-order chi connectivity index (χ1) is 7.75. The van der Waals surface area contributed by atoms with Crippen LogP contribution in [0, 0.1) is 6.92 Å². The molecule has 1 aliphatic heterocycles. The van der Waals surface area contributed by atoms with E-state index in [1.54, 1.807) is 0 Å². The van der Waals surface area contributed by atoms with Crippen LogP contribution in [0.3, 0.4) is 0 Å². The molecule has 0 saturated carbocycles. The van der Waals surface area contributed by atoms with E-state index in [1.165, 1.54) is 18.4 Å². The van der Waals surface area contributed by atoms with Gasteiger partial charge in [0.25, 0.3) is 0 Å². The molecule has 1 saturated heterocycles. The molecular formula is C13H18ClNO. The van der Waals surface area contributed by atoms with Gasteiger partial charge < -0.3 is 4.74 Å². The average Bonchev–Trinajstić information content (AvgIpc) is 2.33. The summed E-state index contributed by atoms with van der Waals surface area (Å²) in [7, 11) is 0. The van der Waals surface area contributed by atoms with Crippen molar-refractivity contribution in [3.8, 4) is 0 Å². The third-order valence-electron chi connectivity index (χ3n) is 3.00. The van der Waals surface area contributed by atoms with Gasteiger partial charge in [0.15, 0.2) is 0 Å². The molecule has 0 radical (unpaired) electrons. The fourth-order valence-electron chi connectivity index (χ4n) is 2.00. The number of pyridine rings is 1. The molecule has 1 aromatic heterocycles. The summed E-state index contributed by atoms with van der Waals surface area (Å²) in [5.74, 6) is 0. The van der Waals surface area contributed by atoms with E-state index in [9.17, 15) is 0 Å². The standard InChI is InChI=1S/C13H18ClNO/c1-10-5-6-11(15-9-10)8-12(14)13-4-2-3-7-16-13/h5-6,9,12-13H,2-4,7-8H2,1H3. The number of nitrogens with zero attached hydrogens (tertiary/aromatic N) is 1. The number of aromatic nitrogens is 1. The topological polar surface area (TPSA) is 22.1 Å². The molecule has 0 aromatic carbocycles. The van der Waals surface area contributed by atoms with Crippen LogP contribution in [-0.4, -0.2) is 23.1 Å². The highest BCUT2D eigenvalue weighted by Gasteiger charge is 2.23. The summed E-state index contributed by atoms with van der Waals surface area (Å²) in [6, 6.07) is 4.13. The lowest BCUT2D eigenvalue weighted by Crippen LogP contribution is -2.30. The first-order valence-electron chi connectivity index (χ1n) is 5.93. The molecule has 0 bridgehead atoms. The van der Waals surface area contributed by atoms with E-state index >= 15 is 0 Å². The van der Waals surface area contributed by atoms with Crippen molar-refractivity contribution in [1.29, 1.82) is 0 Å². The van der Waals surface area contributed by atoms with Crippen molar-refractivity contribution in [2.24, 2.45) is 0 Å². The Morgan fingerprint density at radius 1 is 1.50 bits per heavy atom. The van der Waals surface area contributed by atoms with E-state index in [1.807, 2.05) is 19.2 Å². The molecule has 0 spiro atoms. The van der Waals surface area contributed by atoms with Gasteiger partial charge in [0.05, 0.1) is 11.5 Å². The van der Waals surface area contributed by atoms with E-state index in [0.717, 1.165) is 25.1 Å². The molecule has 1 fully saturated rings. The lowest BCUT2D eigenvalue weighted by Gasteiger charge is -2.26. The van der Waals surface area contributed by atoms with E-state index in [2.05, 4.69) is 11.1 Å². The third kappa shape index (κ3) is 3.19. The summed E-state index contributed by atoms with van der Waals surface area (Å²) >= 11 is 6.37. The molecule has 2 heterocycles. The lowest BCUT2D eigenvalue weighted by molar-refractivity contribution is 0.0138. The Hall–Kier alpha value is -0.600. The Bertz CT molecular complexity index is 319. The lowest BCUT2D eigenvalue weighted by atomic mass is 10.0. The van der Waals surface area contributed by atoms with Gasteiger partial charge in [-0.05, 0) is 37.8 Å². The number of hydrogen-bond donors (Lipinski definition) is 0. The quantitative estimate of drug-likeness (QED) is 0.757. The van der Waals surface area contributed by atoms with Crippen LogP contribution in [0.2, 0.25) is 0 Å². The number of halogens is 1. The van der Waals surface area contributed by atoms with Crippen molar-refractivity contribution >= 4 is 11.6 Å². The van der Waals surface area contributed by atoms with Crippen LogP contribution in [0.4, 0.5) is 0 Å². The van der Waals surface area contributed by atoms with Crippen molar-refractivity contribution in [3.63, 3.8) is 0 Å². The fraction of sp³-hybridized carbons (Fsp3) is 0.615. The smallest absolute Gasteiger partial charge is 0.0742 e. The Morgan fingerprint density at radius 3 is 3.00 bits per heavy atom. The largest absolute Gasteiger partial charge is 0.377 e.